The van der Waals surface area contributed by atoms with Gasteiger partial charge in [0.2, 0.25) is 0 Å². The van der Waals surface area contributed by atoms with Gasteiger partial charge < -0.3 is 10.2 Å². The number of aryl methyl sites for hydroxylation is 1. The van der Waals surface area contributed by atoms with Gasteiger partial charge in [0.25, 0.3) is 0 Å². The van der Waals surface area contributed by atoms with Gasteiger partial charge in [-0.3, -0.25) is 0 Å². The smallest absolute Gasteiger partial charge is 0.0475 e. The molecule has 0 bridgehead atoms. The second kappa shape index (κ2) is 7.42. The Balaban J connectivity index is 2.04. The minimum absolute atomic E-state index is 0.421. The number of benzene rings is 1. The second-order valence-corrected chi connectivity index (χ2v) is 7.00. The van der Waals surface area contributed by atoms with E-state index in [0.29, 0.717) is 12.1 Å². The van der Waals surface area contributed by atoms with Gasteiger partial charge in [0.15, 0.2) is 0 Å². The first kappa shape index (κ1) is 16.5. The molecule has 0 saturated heterocycles. The topological polar surface area (TPSA) is 15.3 Å². The zero-order valence-electron chi connectivity index (χ0n) is 14.4. The van der Waals surface area contributed by atoms with Gasteiger partial charge in [0, 0.05) is 18.6 Å². The maximum Gasteiger partial charge on any atom is 0.0475 e. The van der Waals surface area contributed by atoms with Gasteiger partial charge in [-0.2, -0.15) is 0 Å². The predicted octanol–water partition coefficient (Wildman–Crippen LogP) is 4.01. The van der Waals surface area contributed by atoms with Gasteiger partial charge in [-0.1, -0.05) is 43.7 Å². The molecule has 4 atom stereocenters. The highest BCUT2D eigenvalue weighted by molar-refractivity contribution is 5.25. The van der Waals surface area contributed by atoms with Crippen molar-refractivity contribution in [3.63, 3.8) is 0 Å². The van der Waals surface area contributed by atoms with E-state index < -0.39 is 0 Å². The molecule has 1 saturated carbocycles. The average Bonchev–Trinajstić information content (AvgIpc) is 3.16. The zero-order chi connectivity index (χ0) is 15.4. The lowest BCUT2D eigenvalue weighted by Crippen LogP contribution is -2.42. The van der Waals surface area contributed by atoms with Crippen LogP contribution in [0.3, 0.4) is 0 Å². The first-order valence-corrected chi connectivity index (χ1v) is 8.53. The molecule has 1 aromatic rings. The van der Waals surface area contributed by atoms with Crippen molar-refractivity contribution in [2.75, 3.05) is 20.1 Å². The summed E-state index contributed by atoms with van der Waals surface area (Å²) in [4.78, 5) is 2.54. The summed E-state index contributed by atoms with van der Waals surface area (Å²) in [6, 6.07) is 9.97. The summed E-state index contributed by atoms with van der Waals surface area (Å²) in [6.45, 7) is 11.4. The van der Waals surface area contributed by atoms with Gasteiger partial charge in [0.05, 0.1) is 0 Å². The molecule has 0 spiro atoms. The number of hydrogen-bond acceptors (Lipinski definition) is 2. The molecule has 1 aliphatic carbocycles. The molecule has 2 rings (SSSR count). The number of nitrogens with one attached hydrogen (secondary N) is 1. The molecule has 1 aromatic carbocycles. The van der Waals surface area contributed by atoms with E-state index in [1.165, 1.54) is 30.5 Å². The second-order valence-electron chi connectivity index (χ2n) is 7.00. The number of nitrogens with zero attached hydrogens (tertiary/aromatic N) is 1. The molecule has 0 aliphatic heterocycles. The van der Waals surface area contributed by atoms with E-state index in [-0.39, 0.29) is 0 Å². The van der Waals surface area contributed by atoms with Crippen LogP contribution in [-0.4, -0.2) is 31.1 Å². The van der Waals surface area contributed by atoms with Crippen LogP contribution in [-0.2, 0) is 0 Å². The number of likely N-dealkylation sites (N-methyl/N-ethyl adjacent to an activating group) is 1. The fourth-order valence-electron chi connectivity index (χ4n) is 3.08. The minimum atomic E-state index is 0.421. The van der Waals surface area contributed by atoms with Crippen LogP contribution in [0.5, 0.6) is 0 Å². The summed E-state index contributed by atoms with van der Waals surface area (Å²) in [5.41, 5.74) is 2.75. The Morgan fingerprint density at radius 3 is 2.43 bits per heavy atom. The molecule has 1 N–H and O–H groups in total. The fourth-order valence-corrected chi connectivity index (χ4v) is 3.08. The third-order valence-corrected chi connectivity index (χ3v) is 5.03. The molecule has 4 unspecified atom stereocenters. The minimum Gasteiger partial charge on any atom is -0.309 e. The highest BCUT2D eigenvalue weighted by atomic mass is 15.2. The zero-order valence-corrected chi connectivity index (χ0v) is 14.4. The molecule has 1 fully saturated rings. The van der Waals surface area contributed by atoms with Gasteiger partial charge >= 0.3 is 0 Å². The largest absolute Gasteiger partial charge is 0.309 e. The molecule has 2 nitrogen and oxygen atoms in total. The van der Waals surface area contributed by atoms with Crippen LogP contribution in [0, 0.1) is 18.8 Å². The normalized spacial score (nSPS) is 24.1. The summed E-state index contributed by atoms with van der Waals surface area (Å²) in [5.74, 6) is 1.85. The van der Waals surface area contributed by atoms with Crippen molar-refractivity contribution in [1.29, 1.82) is 0 Å². The molecule has 0 amide bonds. The lowest BCUT2D eigenvalue weighted by atomic mass is 9.98. The van der Waals surface area contributed by atoms with Crippen LogP contribution >= 0.6 is 0 Å². The fraction of sp³-hybridized carbons (Fsp3) is 0.684. The SMILES string of the molecule is CCCNC(c1ccc(C)cc1)C(C)N(C)CC1CC1C. The summed E-state index contributed by atoms with van der Waals surface area (Å²) < 4.78 is 0. The van der Waals surface area contributed by atoms with Crippen molar-refractivity contribution >= 4 is 0 Å². The van der Waals surface area contributed by atoms with Crippen molar-refractivity contribution < 1.29 is 0 Å². The maximum absolute atomic E-state index is 3.75. The summed E-state index contributed by atoms with van der Waals surface area (Å²) >= 11 is 0. The van der Waals surface area contributed by atoms with E-state index in [0.717, 1.165) is 18.4 Å². The molecule has 2 heteroatoms. The van der Waals surface area contributed by atoms with Crippen LogP contribution in [0.15, 0.2) is 24.3 Å². The Morgan fingerprint density at radius 1 is 1.29 bits per heavy atom. The molecule has 118 valence electrons. The first-order chi connectivity index (χ1) is 10.0. The molecule has 0 heterocycles. The van der Waals surface area contributed by atoms with Crippen LogP contribution in [0.1, 0.15) is 50.8 Å². The highest BCUT2D eigenvalue weighted by Crippen LogP contribution is 2.38. The Hall–Kier alpha value is -0.860. The third kappa shape index (κ3) is 4.55. The Labute approximate surface area is 130 Å². The van der Waals surface area contributed by atoms with E-state index >= 15 is 0 Å². The van der Waals surface area contributed by atoms with Gasteiger partial charge in [-0.05, 0) is 57.7 Å². The third-order valence-electron chi connectivity index (χ3n) is 5.03. The molecule has 0 radical (unpaired) electrons. The molecule has 0 aromatic heterocycles. The monoisotopic (exact) mass is 288 g/mol. The van der Waals surface area contributed by atoms with Crippen molar-refractivity contribution in [1.82, 2.24) is 10.2 Å². The molecular weight excluding hydrogens is 256 g/mol. The number of hydrogen-bond donors (Lipinski definition) is 1. The Kier molecular flexibility index (Phi) is 5.83. The van der Waals surface area contributed by atoms with Gasteiger partial charge in [-0.25, -0.2) is 0 Å². The maximum atomic E-state index is 3.75. The lowest BCUT2D eigenvalue weighted by Gasteiger charge is -2.33. The van der Waals surface area contributed by atoms with E-state index in [9.17, 15) is 0 Å². The summed E-state index contributed by atoms with van der Waals surface area (Å²) in [6.07, 6.45) is 2.59. The van der Waals surface area contributed by atoms with Crippen LogP contribution in [0.4, 0.5) is 0 Å². The van der Waals surface area contributed by atoms with Crippen LogP contribution < -0.4 is 5.32 Å². The van der Waals surface area contributed by atoms with E-state index in [4.69, 9.17) is 0 Å². The standard InChI is InChI=1S/C19H32N2/c1-6-11-20-19(17-9-7-14(2)8-10-17)16(4)21(5)13-18-12-15(18)3/h7-10,15-16,18-20H,6,11-13H2,1-5H3. The van der Waals surface area contributed by atoms with Crippen molar-refractivity contribution in [3.8, 4) is 0 Å². The molecule has 1 aliphatic rings. The lowest BCUT2D eigenvalue weighted by molar-refractivity contribution is 0.197. The van der Waals surface area contributed by atoms with Crippen LogP contribution in [0.2, 0.25) is 0 Å². The Morgan fingerprint density at radius 2 is 1.90 bits per heavy atom. The van der Waals surface area contributed by atoms with Gasteiger partial charge in [0.1, 0.15) is 0 Å². The quantitative estimate of drug-likeness (QED) is 0.777. The van der Waals surface area contributed by atoms with E-state index in [1.54, 1.807) is 0 Å². The highest BCUT2D eigenvalue weighted by Gasteiger charge is 2.35. The summed E-state index contributed by atoms with van der Waals surface area (Å²) in [5, 5.41) is 3.75. The molecular formula is C19H32N2. The van der Waals surface area contributed by atoms with Crippen molar-refractivity contribution in [2.45, 2.75) is 52.6 Å². The summed E-state index contributed by atoms with van der Waals surface area (Å²) in [7, 11) is 2.28. The number of rotatable bonds is 8. The Bertz CT molecular complexity index is 426. The van der Waals surface area contributed by atoms with E-state index in [1.807, 2.05) is 0 Å². The molecule has 21 heavy (non-hydrogen) atoms. The average molecular weight is 288 g/mol. The first-order valence-electron chi connectivity index (χ1n) is 8.53. The van der Waals surface area contributed by atoms with Gasteiger partial charge in [-0.15, -0.1) is 0 Å². The van der Waals surface area contributed by atoms with Crippen LogP contribution in [0.25, 0.3) is 0 Å². The van der Waals surface area contributed by atoms with Crippen molar-refractivity contribution in [2.24, 2.45) is 11.8 Å². The predicted molar refractivity (Wildman–Crippen MR) is 91.6 cm³/mol. The van der Waals surface area contributed by atoms with E-state index in [2.05, 4.69) is 69.2 Å². The van der Waals surface area contributed by atoms with Crippen molar-refractivity contribution in [3.05, 3.63) is 35.4 Å².